The van der Waals surface area contributed by atoms with E-state index < -0.39 is 34.3 Å². The van der Waals surface area contributed by atoms with Crippen molar-refractivity contribution in [1.82, 2.24) is 0 Å². The summed E-state index contributed by atoms with van der Waals surface area (Å²) in [5.41, 5.74) is 0.582. The average molecular weight is 515 g/mol. The highest BCUT2D eigenvalue weighted by Crippen LogP contribution is 2.33. The van der Waals surface area contributed by atoms with Crippen molar-refractivity contribution in [3.05, 3.63) is 69.0 Å². The number of anilines is 2. The highest BCUT2D eigenvalue weighted by Gasteiger charge is 2.20. The molecule has 1 heterocycles. The van der Waals surface area contributed by atoms with Gasteiger partial charge in [0.2, 0.25) is 0 Å². The van der Waals surface area contributed by atoms with Gasteiger partial charge in [-0.25, -0.2) is 13.2 Å². The van der Waals surface area contributed by atoms with Crippen molar-refractivity contribution in [2.75, 3.05) is 16.6 Å². The van der Waals surface area contributed by atoms with E-state index in [9.17, 15) is 23.1 Å². The number of nitrogens with one attached hydrogen (secondary N) is 2. The Morgan fingerprint density at radius 2 is 1.91 bits per heavy atom. The van der Waals surface area contributed by atoms with E-state index >= 15 is 0 Å². The average Bonchev–Trinajstić information content (AvgIpc) is 3.29. The number of sulfonamides is 1. The lowest BCUT2D eigenvalue weighted by molar-refractivity contribution is -0.119. The Morgan fingerprint density at radius 1 is 1.16 bits per heavy atom. The zero-order chi connectivity index (χ0) is 23.5. The topological polar surface area (TPSA) is 122 Å². The van der Waals surface area contributed by atoms with Crippen LogP contribution in [0.3, 0.4) is 0 Å². The number of carbonyl (C=O) groups is 2. The number of halogens is 2. The lowest BCUT2D eigenvalue weighted by atomic mass is 10.2. The molecule has 12 heteroatoms. The van der Waals surface area contributed by atoms with Crippen LogP contribution in [0.5, 0.6) is 5.75 Å². The zero-order valence-electron chi connectivity index (χ0n) is 16.4. The minimum absolute atomic E-state index is 0.0333. The second kappa shape index (κ2) is 9.78. The van der Waals surface area contributed by atoms with Gasteiger partial charge in [-0.1, -0.05) is 35.3 Å². The van der Waals surface area contributed by atoms with Crippen LogP contribution in [-0.2, 0) is 19.6 Å². The molecule has 32 heavy (non-hydrogen) atoms. The van der Waals surface area contributed by atoms with Gasteiger partial charge in [0.05, 0.1) is 15.7 Å². The van der Waals surface area contributed by atoms with Gasteiger partial charge in [-0.3, -0.25) is 9.52 Å². The molecule has 0 saturated heterocycles. The first kappa shape index (κ1) is 23.9. The minimum atomic E-state index is -3.85. The van der Waals surface area contributed by atoms with Crippen molar-refractivity contribution < 1.29 is 27.9 Å². The Hall–Kier alpha value is -2.79. The van der Waals surface area contributed by atoms with Gasteiger partial charge in [0.25, 0.3) is 15.9 Å². The number of amides is 1. The van der Waals surface area contributed by atoms with Crippen LogP contribution < -0.4 is 10.0 Å². The summed E-state index contributed by atoms with van der Waals surface area (Å²) in [5, 5.41) is 14.5. The third-order valence-corrected chi connectivity index (χ3v) is 7.69. The molecular formula is C20H16Cl2N2O6S2. The van der Waals surface area contributed by atoms with E-state index in [4.69, 9.17) is 27.9 Å². The van der Waals surface area contributed by atoms with Crippen molar-refractivity contribution >= 4 is 67.8 Å². The highest BCUT2D eigenvalue weighted by molar-refractivity contribution is 7.94. The first-order chi connectivity index (χ1) is 15.1. The lowest BCUT2D eigenvalue weighted by Crippen LogP contribution is -2.21. The molecule has 0 fully saturated rings. The van der Waals surface area contributed by atoms with E-state index in [2.05, 4.69) is 10.0 Å². The van der Waals surface area contributed by atoms with Gasteiger partial charge in [0.15, 0.2) is 6.61 Å². The summed E-state index contributed by atoms with van der Waals surface area (Å²) in [4.78, 5) is 24.5. The third kappa shape index (κ3) is 5.52. The van der Waals surface area contributed by atoms with E-state index in [1.165, 1.54) is 12.1 Å². The third-order valence-electron chi connectivity index (χ3n) is 4.11. The summed E-state index contributed by atoms with van der Waals surface area (Å²) in [5.74, 6) is -2.18. The van der Waals surface area contributed by atoms with E-state index in [0.29, 0.717) is 5.56 Å². The molecule has 0 unspecified atom stereocenters. The number of rotatable bonds is 7. The number of esters is 1. The van der Waals surface area contributed by atoms with Crippen LogP contribution in [0, 0.1) is 6.92 Å². The Morgan fingerprint density at radius 3 is 2.59 bits per heavy atom. The summed E-state index contributed by atoms with van der Waals surface area (Å²) in [6.07, 6.45) is 0. The molecule has 3 N–H and O–H groups in total. The maximum absolute atomic E-state index is 12.4. The Balaban J connectivity index is 1.68. The van der Waals surface area contributed by atoms with Gasteiger partial charge >= 0.3 is 5.97 Å². The van der Waals surface area contributed by atoms with Gasteiger partial charge < -0.3 is 15.2 Å². The molecule has 0 atom stereocenters. The quantitative estimate of drug-likeness (QED) is 0.311. The van der Waals surface area contributed by atoms with Crippen LogP contribution in [0.4, 0.5) is 11.4 Å². The fourth-order valence-electron chi connectivity index (χ4n) is 2.54. The summed E-state index contributed by atoms with van der Waals surface area (Å²) >= 11 is 13.2. The molecule has 0 aliphatic heterocycles. The molecule has 0 saturated carbocycles. The molecule has 1 amide bonds. The number of aromatic hydroxyl groups is 1. The number of carbonyl (C=O) groups excluding carboxylic acids is 2. The molecule has 0 aliphatic rings. The van der Waals surface area contributed by atoms with Crippen LogP contribution in [0.25, 0.3) is 0 Å². The van der Waals surface area contributed by atoms with Crippen LogP contribution in [0.2, 0.25) is 10.0 Å². The molecule has 168 valence electrons. The van der Waals surface area contributed by atoms with Crippen LogP contribution >= 0.6 is 34.5 Å². The number of thiophene rings is 1. The Kier molecular flexibility index (Phi) is 7.29. The van der Waals surface area contributed by atoms with Gasteiger partial charge in [0, 0.05) is 5.69 Å². The predicted octanol–water partition coefficient (Wildman–Crippen LogP) is 4.67. The number of phenols is 1. The maximum Gasteiger partial charge on any atom is 0.342 e. The van der Waals surface area contributed by atoms with Crippen molar-refractivity contribution in [3.63, 3.8) is 0 Å². The summed E-state index contributed by atoms with van der Waals surface area (Å²) in [6.45, 7) is 1.04. The van der Waals surface area contributed by atoms with Crippen LogP contribution in [0.15, 0.2) is 52.1 Å². The van der Waals surface area contributed by atoms with E-state index in [-0.39, 0.29) is 31.2 Å². The van der Waals surface area contributed by atoms with Crippen molar-refractivity contribution in [2.24, 2.45) is 0 Å². The van der Waals surface area contributed by atoms with Gasteiger partial charge in [0.1, 0.15) is 15.5 Å². The van der Waals surface area contributed by atoms with Crippen LogP contribution in [0.1, 0.15) is 15.9 Å². The normalized spacial score (nSPS) is 11.1. The maximum atomic E-state index is 12.4. The van der Waals surface area contributed by atoms with Crippen molar-refractivity contribution in [2.45, 2.75) is 11.1 Å². The van der Waals surface area contributed by atoms with E-state index in [0.717, 1.165) is 23.5 Å². The molecule has 0 spiro atoms. The molecule has 3 aromatic rings. The van der Waals surface area contributed by atoms with Crippen LogP contribution in [-0.4, -0.2) is 32.0 Å². The molecule has 2 aromatic carbocycles. The number of hydrogen-bond acceptors (Lipinski definition) is 7. The number of benzene rings is 2. The van der Waals surface area contributed by atoms with E-state index in [1.54, 1.807) is 30.5 Å². The van der Waals surface area contributed by atoms with Gasteiger partial charge in [-0.05, 0) is 48.2 Å². The smallest absolute Gasteiger partial charge is 0.342 e. The second-order valence-corrected chi connectivity index (χ2v) is 10.1. The van der Waals surface area contributed by atoms with Gasteiger partial charge in [-0.2, -0.15) is 0 Å². The SMILES string of the molecule is Cc1ccc(Cl)c(NC(=O)COC(=O)c2cc(NS(=O)(=O)c3cccs3)ccc2O)c1Cl. The molecule has 0 bridgehead atoms. The Labute approximate surface area is 197 Å². The van der Waals surface area contributed by atoms with E-state index in [1.807, 2.05) is 0 Å². The molecule has 8 nitrogen and oxygen atoms in total. The lowest BCUT2D eigenvalue weighted by Gasteiger charge is -2.12. The molecule has 0 aliphatic carbocycles. The summed E-state index contributed by atoms with van der Waals surface area (Å²) in [7, 11) is -3.85. The Bertz CT molecular complexity index is 1280. The molecule has 1 aromatic heterocycles. The fraction of sp³-hybridized carbons (Fsp3) is 0.100. The summed E-state index contributed by atoms with van der Waals surface area (Å²) < 4.78 is 32.0. The first-order valence-electron chi connectivity index (χ1n) is 8.89. The minimum Gasteiger partial charge on any atom is -0.507 e. The largest absolute Gasteiger partial charge is 0.507 e. The molecule has 3 rings (SSSR count). The summed E-state index contributed by atoms with van der Waals surface area (Å²) in [6, 6.07) is 9.78. The number of hydrogen-bond donors (Lipinski definition) is 3. The predicted molar refractivity (Wildman–Crippen MR) is 123 cm³/mol. The number of ether oxygens (including phenoxy) is 1. The van der Waals surface area contributed by atoms with Crippen molar-refractivity contribution in [1.29, 1.82) is 0 Å². The standard InChI is InChI=1S/C20H16Cl2N2O6S2/c1-11-4-6-14(21)19(18(11)22)23-16(26)10-30-20(27)13-9-12(5-7-15(13)25)24-32(28,29)17-3-2-8-31-17/h2-9,24-25H,10H2,1H3,(H,23,26). The number of aryl methyl sites for hydroxylation is 1. The second-order valence-electron chi connectivity index (χ2n) is 6.45. The number of phenolic OH excluding ortho intramolecular Hbond substituents is 1. The fourth-order valence-corrected chi connectivity index (χ4v) is 5.05. The molecular weight excluding hydrogens is 499 g/mol. The van der Waals surface area contributed by atoms with Gasteiger partial charge in [-0.15, -0.1) is 11.3 Å². The monoisotopic (exact) mass is 514 g/mol. The highest BCUT2D eigenvalue weighted by atomic mass is 35.5. The van der Waals surface area contributed by atoms with Crippen molar-refractivity contribution in [3.8, 4) is 5.75 Å². The first-order valence-corrected chi connectivity index (χ1v) is 12.0. The molecule has 0 radical (unpaired) electrons. The zero-order valence-corrected chi connectivity index (χ0v) is 19.5.